The molecule has 2 fully saturated rings. The number of hydrogen-bond acceptors (Lipinski definition) is 3. The van der Waals surface area contributed by atoms with Crippen LogP contribution in [-0.2, 0) is 10.2 Å². The molecule has 0 radical (unpaired) electrons. The zero-order chi connectivity index (χ0) is 17.6. The van der Waals surface area contributed by atoms with Crippen LogP contribution in [-0.4, -0.2) is 38.7 Å². The standard InChI is InChI=1S/C20H26N4O/c1-14-6-4-7-17(12-14)20(9-10-20)19(25)23-11-5-8-18(13-23)24-16(3)21-15(2)22-24/h4,6-7,12,18H,5,8-11,13H2,1-3H3. The maximum absolute atomic E-state index is 13.3. The summed E-state index contributed by atoms with van der Waals surface area (Å²) in [6, 6.07) is 8.70. The van der Waals surface area contributed by atoms with Gasteiger partial charge < -0.3 is 4.90 Å². The van der Waals surface area contributed by atoms with Gasteiger partial charge in [-0.2, -0.15) is 5.10 Å². The Balaban J connectivity index is 1.55. The molecule has 5 nitrogen and oxygen atoms in total. The lowest BCUT2D eigenvalue weighted by molar-refractivity contribution is -0.135. The highest BCUT2D eigenvalue weighted by Crippen LogP contribution is 2.50. The van der Waals surface area contributed by atoms with Gasteiger partial charge in [0.05, 0.1) is 11.5 Å². The average Bonchev–Trinajstić information content (AvgIpc) is 3.34. The van der Waals surface area contributed by atoms with E-state index in [0.29, 0.717) is 5.91 Å². The van der Waals surface area contributed by atoms with E-state index in [1.54, 1.807) is 0 Å². The van der Waals surface area contributed by atoms with E-state index in [1.807, 2.05) is 18.5 Å². The molecule has 4 rings (SSSR count). The van der Waals surface area contributed by atoms with Crippen LogP contribution in [0.2, 0.25) is 0 Å². The predicted molar refractivity (Wildman–Crippen MR) is 96.4 cm³/mol. The van der Waals surface area contributed by atoms with E-state index in [4.69, 9.17) is 0 Å². The fourth-order valence-electron chi connectivity index (χ4n) is 4.22. The van der Waals surface area contributed by atoms with Gasteiger partial charge in [0, 0.05) is 13.1 Å². The number of piperidine rings is 1. The molecule has 0 N–H and O–H groups in total. The maximum atomic E-state index is 13.3. The Morgan fingerprint density at radius 1 is 1.24 bits per heavy atom. The van der Waals surface area contributed by atoms with E-state index >= 15 is 0 Å². The van der Waals surface area contributed by atoms with Crippen molar-refractivity contribution in [2.24, 2.45) is 0 Å². The molecule has 1 amide bonds. The van der Waals surface area contributed by atoms with Crippen LogP contribution in [0.4, 0.5) is 0 Å². The third kappa shape index (κ3) is 2.86. The summed E-state index contributed by atoms with van der Waals surface area (Å²) in [5, 5.41) is 4.54. The lowest BCUT2D eigenvalue weighted by atomic mass is 9.92. The Morgan fingerprint density at radius 3 is 2.68 bits per heavy atom. The van der Waals surface area contributed by atoms with Crippen molar-refractivity contribution in [1.29, 1.82) is 0 Å². The molecule has 5 heteroatoms. The summed E-state index contributed by atoms with van der Waals surface area (Å²) >= 11 is 0. The van der Waals surface area contributed by atoms with E-state index in [0.717, 1.165) is 50.4 Å². The van der Waals surface area contributed by atoms with Gasteiger partial charge in [-0.05, 0) is 52.0 Å². The van der Waals surface area contributed by atoms with Crippen molar-refractivity contribution >= 4 is 5.91 Å². The summed E-state index contributed by atoms with van der Waals surface area (Å²) in [4.78, 5) is 19.8. The molecule has 1 unspecified atom stereocenters. The minimum absolute atomic E-state index is 0.243. The fraction of sp³-hybridized carbons (Fsp3) is 0.550. The van der Waals surface area contributed by atoms with Gasteiger partial charge in [-0.25, -0.2) is 9.67 Å². The Hall–Kier alpha value is -2.17. The molecular weight excluding hydrogens is 312 g/mol. The SMILES string of the molecule is Cc1cccc(C2(C(=O)N3CCCC(n4nc(C)nc4C)C3)CC2)c1. The first-order chi connectivity index (χ1) is 12.0. The minimum Gasteiger partial charge on any atom is -0.340 e. The second-order valence-electron chi connectivity index (χ2n) is 7.65. The van der Waals surface area contributed by atoms with Gasteiger partial charge in [0.15, 0.2) is 0 Å². The molecule has 1 saturated heterocycles. The van der Waals surface area contributed by atoms with E-state index < -0.39 is 0 Å². The van der Waals surface area contributed by atoms with Crippen LogP contribution >= 0.6 is 0 Å². The normalized spacial score (nSPS) is 22.0. The molecule has 1 aliphatic carbocycles. The number of aryl methyl sites for hydroxylation is 3. The molecule has 1 aliphatic heterocycles. The first kappa shape index (κ1) is 16.3. The number of amides is 1. The van der Waals surface area contributed by atoms with Crippen molar-refractivity contribution in [3.8, 4) is 0 Å². The van der Waals surface area contributed by atoms with Crippen LogP contribution in [0.3, 0.4) is 0 Å². The van der Waals surface area contributed by atoms with Gasteiger partial charge >= 0.3 is 0 Å². The molecule has 1 aromatic carbocycles. The lowest BCUT2D eigenvalue weighted by Gasteiger charge is -2.35. The smallest absolute Gasteiger partial charge is 0.233 e. The molecule has 2 aliphatic rings. The Kier molecular flexibility index (Phi) is 3.89. The quantitative estimate of drug-likeness (QED) is 0.864. The fourth-order valence-corrected chi connectivity index (χ4v) is 4.22. The van der Waals surface area contributed by atoms with Crippen molar-refractivity contribution in [2.75, 3.05) is 13.1 Å². The summed E-state index contributed by atoms with van der Waals surface area (Å²) in [7, 11) is 0. The highest BCUT2D eigenvalue weighted by molar-refractivity contribution is 5.91. The highest BCUT2D eigenvalue weighted by atomic mass is 16.2. The zero-order valence-electron chi connectivity index (χ0n) is 15.3. The topological polar surface area (TPSA) is 51.0 Å². The molecule has 0 bridgehead atoms. The molecule has 2 heterocycles. The molecule has 132 valence electrons. The molecule has 2 aromatic rings. The van der Waals surface area contributed by atoms with Crippen molar-refractivity contribution in [2.45, 2.75) is 57.9 Å². The monoisotopic (exact) mass is 338 g/mol. The molecule has 0 spiro atoms. The Bertz CT molecular complexity index is 806. The van der Waals surface area contributed by atoms with Gasteiger partial charge in [-0.1, -0.05) is 29.8 Å². The third-order valence-corrected chi connectivity index (χ3v) is 5.67. The van der Waals surface area contributed by atoms with Gasteiger partial charge in [-0.15, -0.1) is 0 Å². The van der Waals surface area contributed by atoms with Gasteiger partial charge in [0.2, 0.25) is 5.91 Å². The van der Waals surface area contributed by atoms with Crippen molar-refractivity contribution in [1.82, 2.24) is 19.7 Å². The van der Waals surface area contributed by atoms with Crippen LogP contribution < -0.4 is 0 Å². The van der Waals surface area contributed by atoms with Crippen molar-refractivity contribution in [3.63, 3.8) is 0 Å². The molecule has 1 atom stereocenters. The van der Waals surface area contributed by atoms with E-state index in [-0.39, 0.29) is 11.5 Å². The van der Waals surface area contributed by atoms with Crippen LogP contribution in [0.5, 0.6) is 0 Å². The predicted octanol–water partition coefficient (Wildman–Crippen LogP) is 3.10. The maximum Gasteiger partial charge on any atom is 0.233 e. The number of carbonyl (C=O) groups excluding carboxylic acids is 1. The molecular formula is C20H26N4O. The average molecular weight is 338 g/mol. The third-order valence-electron chi connectivity index (χ3n) is 5.67. The summed E-state index contributed by atoms with van der Waals surface area (Å²) in [6.07, 6.45) is 4.03. The Labute approximate surface area is 149 Å². The first-order valence-electron chi connectivity index (χ1n) is 9.26. The number of nitrogens with zero attached hydrogens (tertiary/aromatic N) is 4. The van der Waals surface area contributed by atoms with Gasteiger partial charge in [0.25, 0.3) is 0 Å². The van der Waals surface area contributed by atoms with Crippen LogP contribution in [0, 0.1) is 20.8 Å². The van der Waals surface area contributed by atoms with Crippen LogP contribution in [0.1, 0.15) is 54.5 Å². The minimum atomic E-state index is -0.277. The van der Waals surface area contributed by atoms with Gasteiger partial charge in [0.1, 0.15) is 11.6 Å². The summed E-state index contributed by atoms with van der Waals surface area (Å²) in [6.45, 7) is 7.62. The highest BCUT2D eigenvalue weighted by Gasteiger charge is 2.53. The van der Waals surface area contributed by atoms with Crippen LogP contribution in [0.15, 0.2) is 24.3 Å². The lowest BCUT2D eigenvalue weighted by Crippen LogP contribution is -2.45. The number of carbonyl (C=O) groups is 1. The molecule has 1 saturated carbocycles. The van der Waals surface area contributed by atoms with Gasteiger partial charge in [-0.3, -0.25) is 4.79 Å². The summed E-state index contributed by atoms with van der Waals surface area (Å²) < 4.78 is 2.01. The number of benzene rings is 1. The van der Waals surface area contributed by atoms with E-state index in [9.17, 15) is 4.79 Å². The largest absolute Gasteiger partial charge is 0.340 e. The van der Waals surface area contributed by atoms with E-state index in [1.165, 1.54) is 11.1 Å². The summed E-state index contributed by atoms with van der Waals surface area (Å²) in [5.41, 5.74) is 2.13. The number of hydrogen-bond donors (Lipinski definition) is 0. The number of rotatable bonds is 3. The second kappa shape index (κ2) is 5.97. The second-order valence-corrected chi connectivity index (χ2v) is 7.65. The molecule has 25 heavy (non-hydrogen) atoms. The Morgan fingerprint density at radius 2 is 2.04 bits per heavy atom. The van der Waals surface area contributed by atoms with E-state index in [2.05, 4.69) is 46.2 Å². The summed E-state index contributed by atoms with van der Waals surface area (Å²) in [5.74, 6) is 2.05. The van der Waals surface area contributed by atoms with Crippen molar-refractivity contribution < 1.29 is 4.79 Å². The first-order valence-corrected chi connectivity index (χ1v) is 9.26. The number of likely N-dealkylation sites (tertiary alicyclic amines) is 1. The molecule has 1 aromatic heterocycles. The number of aromatic nitrogens is 3. The van der Waals surface area contributed by atoms with Crippen molar-refractivity contribution in [3.05, 3.63) is 47.0 Å². The van der Waals surface area contributed by atoms with Crippen LogP contribution in [0.25, 0.3) is 0 Å². The zero-order valence-corrected chi connectivity index (χ0v) is 15.3.